The molecule has 0 aliphatic heterocycles. The van der Waals surface area contributed by atoms with E-state index in [1.807, 2.05) is 60.7 Å². The van der Waals surface area contributed by atoms with Crippen molar-refractivity contribution in [3.63, 3.8) is 0 Å². The highest BCUT2D eigenvalue weighted by molar-refractivity contribution is 6.30. The molecule has 1 saturated carbocycles. The second kappa shape index (κ2) is 14.8. The van der Waals surface area contributed by atoms with E-state index in [1.165, 1.54) is 25.7 Å². The minimum absolute atomic E-state index is 0.315. The number of nitrogens with one attached hydrogen (secondary N) is 2. The van der Waals surface area contributed by atoms with Gasteiger partial charge in [-0.3, -0.25) is 0 Å². The zero-order chi connectivity index (χ0) is 21.4. The third-order valence-corrected chi connectivity index (χ3v) is 5.43. The Morgan fingerprint density at radius 3 is 2.17 bits per heavy atom. The van der Waals surface area contributed by atoms with Gasteiger partial charge in [-0.25, -0.2) is 4.79 Å². The number of hydrogen-bond donors (Lipinski definition) is 3. The van der Waals surface area contributed by atoms with Crippen LogP contribution in [0.3, 0.4) is 0 Å². The molecule has 1 aliphatic rings. The van der Waals surface area contributed by atoms with Crippen LogP contribution < -0.4 is 16.4 Å². The number of rotatable bonds is 8. The number of benzene rings is 2. The van der Waals surface area contributed by atoms with Gasteiger partial charge in [0.2, 0.25) is 0 Å². The molecule has 1 amide bonds. The standard InChI is InChI=1S/C18H29N3O2.C6H5Cl/c19-13-15-7-9-17(10-8-15)20-11-4-12-21-18(22)23-14-16-5-2-1-3-6-16;7-6-4-2-1-3-5-6/h1-3,5-6,15,17,20H,4,7-14,19H2,(H,21,22);1-5H. The molecule has 30 heavy (non-hydrogen) atoms. The maximum absolute atomic E-state index is 11.6. The molecule has 0 radical (unpaired) electrons. The lowest BCUT2D eigenvalue weighted by Crippen LogP contribution is -2.36. The van der Waals surface area contributed by atoms with Crippen molar-refractivity contribution < 1.29 is 9.53 Å². The van der Waals surface area contributed by atoms with E-state index >= 15 is 0 Å². The van der Waals surface area contributed by atoms with Crippen LogP contribution in [-0.2, 0) is 11.3 Å². The monoisotopic (exact) mass is 431 g/mol. The van der Waals surface area contributed by atoms with Gasteiger partial charge >= 0.3 is 6.09 Å². The molecule has 6 heteroatoms. The third kappa shape index (κ3) is 10.6. The van der Waals surface area contributed by atoms with Crippen molar-refractivity contribution in [2.45, 2.75) is 44.8 Å². The van der Waals surface area contributed by atoms with Crippen LogP contribution in [0, 0.1) is 5.92 Å². The van der Waals surface area contributed by atoms with E-state index in [9.17, 15) is 4.79 Å². The SMILES string of the molecule is Clc1ccccc1.NCC1CCC(NCCCNC(=O)OCc2ccccc2)CC1. The van der Waals surface area contributed by atoms with E-state index in [0.29, 0.717) is 25.1 Å². The van der Waals surface area contributed by atoms with Crippen LogP contribution in [-0.4, -0.2) is 31.8 Å². The quantitative estimate of drug-likeness (QED) is 0.527. The number of carbonyl (C=O) groups excluding carboxylic acids is 1. The molecule has 5 nitrogen and oxygen atoms in total. The summed E-state index contributed by atoms with van der Waals surface area (Å²) in [6, 6.07) is 19.8. The summed E-state index contributed by atoms with van der Waals surface area (Å²) < 4.78 is 5.17. The van der Waals surface area contributed by atoms with Gasteiger partial charge in [-0.15, -0.1) is 0 Å². The molecule has 0 heterocycles. The summed E-state index contributed by atoms with van der Waals surface area (Å²) in [5.41, 5.74) is 6.70. The second-order valence-corrected chi connectivity index (χ2v) is 7.98. The van der Waals surface area contributed by atoms with Crippen LogP contribution in [0.25, 0.3) is 0 Å². The number of nitrogens with two attached hydrogens (primary N) is 1. The molecule has 164 valence electrons. The van der Waals surface area contributed by atoms with E-state index in [4.69, 9.17) is 22.1 Å². The molecule has 3 rings (SSSR count). The molecule has 0 unspecified atom stereocenters. The molecule has 0 aromatic heterocycles. The molecular formula is C24H34ClN3O2. The van der Waals surface area contributed by atoms with Gasteiger partial charge in [-0.05, 0) is 68.8 Å². The fourth-order valence-electron chi connectivity index (χ4n) is 3.38. The fraction of sp³-hybridized carbons (Fsp3) is 0.458. The highest BCUT2D eigenvalue weighted by Gasteiger charge is 2.19. The van der Waals surface area contributed by atoms with Crippen LogP contribution in [0.5, 0.6) is 0 Å². The van der Waals surface area contributed by atoms with E-state index in [2.05, 4.69) is 10.6 Å². The van der Waals surface area contributed by atoms with Gasteiger partial charge in [0, 0.05) is 17.6 Å². The van der Waals surface area contributed by atoms with Gasteiger partial charge in [0.25, 0.3) is 0 Å². The molecule has 1 fully saturated rings. The summed E-state index contributed by atoms with van der Waals surface area (Å²) in [6.45, 7) is 2.70. The van der Waals surface area contributed by atoms with Gasteiger partial charge in [-0.1, -0.05) is 60.1 Å². The first-order chi connectivity index (χ1) is 14.7. The first-order valence-electron chi connectivity index (χ1n) is 10.8. The molecule has 2 aromatic carbocycles. The lowest BCUT2D eigenvalue weighted by atomic mass is 9.86. The Labute approximate surface area is 185 Å². The van der Waals surface area contributed by atoms with Crippen LogP contribution in [0.2, 0.25) is 5.02 Å². The minimum Gasteiger partial charge on any atom is -0.445 e. The number of amides is 1. The largest absolute Gasteiger partial charge is 0.445 e. The number of halogens is 1. The number of carbonyl (C=O) groups is 1. The van der Waals surface area contributed by atoms with Crippen molar-refractivity contribution in [1.82, 2.24) is 10.6 Å². The van der Waals surface area contributed by atoms with Gasteiger partial charge in [0.05, 0.1) is 0 Å². The fourth-order valence-corrected chi connectivity index (χ4v) is 3.52. The Morgan fingerprint density at radius 2 is 1.60 bits per heavy atom. The van der Waals surface area contributed by atoms with Crippen molar-refractivity contribution in [2.75, 3.05) is 19.6 Å². The average Bonchev–Trinajstić information content (AvgIpc) is 2.79. The lowest BCUT2D eigenvalue weighted by molar-refractivity contribution is 0.139. The Morgan fingerprint density at radius 1 is 0.967 bits per heavy atom. The Kier molecular flexibility index (Phi) is 12.0. The zero-order valence-electron chi connectivity index (χ0n) is 17.6. The Balaban J connectivity index is 0.000000386. The lowest BCUT2D eigenvalue weighted by Gasteiger charge is -2.28. The molecule has 2 aromatic rings. The summed E-state index contributed by atoms with van der Waals surface area (Å²) in [6.07, 6.45) is 5.47. The summed E-state index contributed by atoms with van der Waals surface area (Å²) in [7, 11) is 0. The first-order valence-corrected chi connectivity index (χ1v) is 11.1. The highest BCUT2D eigenvalue weighted by atomic mass is 35.5. The first kappa shape index (κ1) is 24.2. The van der Waals surface area contributed by atoms with Crippen LogP contribution >= 0.6 is 11.6 Å². The van der Waals surface area contributed by atoms with Crippen LogP contribution in [0.4, 0.5) is 4.79 Å². The van der Waals surface area contributed by atoms with Gasteiger partial charge in [-0.2, -0.15) is 0 Å². The number of ether oxygens (including phenoxy) is 1. The molecule has 0 spiro atoms. The zero-order valence-corrected chi connectivity index (χ0v) is 18.3. The van der Waals surface area contributed by atoms with Crippen molar-refractivity contribution in [3.8, 4) is 0 Å². The predicted octanol–water partition coefficient (Wildman–Crippen LogP) is 4.75. The topological polar surface area (TPSA) is 76.4 Å². The molecule has 4 N–H and O–H groups in total. The van der Waals surface area contributed by atoms with E-state index in [-0.39, 0.29) is 6.09 Å². The summed E-state index contributed by atoms with van der Waals surface area (Å²) in [4.78, 5) is 11.6. The molecule has 0 bridgehead atoms. The van der Waals surface area contributed by atoms with Crippen LogP contribution in [0.15, 0.2) is 60.7 Å². The predicted molar refractivity (Wildman–Crippen MR) is 124 cm³/mol. The Bertz CT molecular complexity index is 692. The highest BCUT2D eigenvalue weighted by Crippen LogP contribution is 2.23. The van der Waals surface area contributed by atoms with Crippen LogP contribution in [0.1, 0.15) is 37.7 Å². The second-order valence-electron chi connectivity index (χ2n) is 7.55. The number of alkyl carbamates (subject to hydrolysis) is 1. The van der Waals surface area contributed by atoms with Gasteiger partial charge < -0.3 is 21.1 Å². The molecule has 1 aliphatic carbocycles. The van der Waals surface area contributed by atoms with Gasteiger partial charge in [0.15, 0.2) is 0 Å². The third-order valence-electron chi connectivity index (χ3n) is 5.18. The van der Waals surface area contributed by atoms with Crippen molar-refractivity contribution in [3.05, 3.63) is 71.2 Å². The Hall–Kier alpha value is -2.08. The summed E-state index contributed by atoms with van der Waals surface area (Å²) >= 11 is 5.54. The maximum Gasteiger partial charge on any atom is 0.407 e. The van der Waals surface area contributed by atoms with Crippen molar-refractivity contribution in [1.29, 1.82) is 0 Å². The molecule has 0 saturated heterocycles. The summed E-state index contributed by atoms with van der Waals surface area (Å²) in [5, 5.41) is 7.15. The van der Waals surface area contributed by atoms with Crippen molar-refractivity contribution >= 4 is 17.7 Å². The van der Waals surface area contributed by atoms with Crippen molar-refractivity contribution in [2.24, 2.45) is 11.7 Å². The van der Waals surface area contributed by atoms with E-state index in [1.54, 1.807) is 0 Å². The van der Waals surface area contributed by atoms with E-state index in [0.717, 1.165) is 30.1 Å². The summed E-state index contributed by atoms with van der Waals surface area (Å²) in [5.74, 6) is 0.717. The average molecular weight is 432 g/mol. The number of hydrogen-bond acceptors (Lipinski definition) is 4. The van der Waals surface area contributed by atoms with Gasteiger partial charge in [0.1, 0.15) is 6.61 Å². The maximum atomic E-state index is 11.6. The van der Waals surface area contributed by atoms with E-state index < -0.39 is 0 Å². The minimum atomic E-state index is -0.350. The smallest absolute Gasteiger partial charge is 0.407 e. The molecular weight excluding hydrogens is 398 g/mol. The molecule has 0 atom stereocenters. The normalized spacial score (nSPS) is 18.1.